The molecule has 16 heavy (non-hydrogen) atoms. The van der Waals surface area contributed by atoms with Crippen LogP contribution >= 0.6 is 23.4 Å². The molecule has 0 saturated carbocycles. The minimum Gasteiger partial charge on any atom is -0.398 e. The number of aryl methyl sites for hydroxylation is 1. The van der Waals surface area contributed by atoms with Gasteiger partial charge < -0.3 is 5.73 Å². The Labute approximate surface area is 103 Å². The van der Waals surface area contributed by atoms with Gasteiger partial charge in [0.05, 0.1) is 10.7 Å². The third-order valence-corrected chi connectivity index (χ3v) is 3.55. The van der Waals surface area contributed by atoms with Crippen LogP contribution in [0.25, 0.3) is 0 Å². The minimum absolute atomic E-state index is 0.590. The van der Waals surface area contributed by atoms with Gasteiger partial charge in [0, 0.05) is 12.8 Å². The number of nitrogens with two attached hydrogens (primary N) is 1. The predicted octanol–water partition coefficient (Wildman–Crippen LogP) is 2.34. The number of hydrogen-bond donors (Lipinski definition) is 1. The van der Waals surface area contributed by atoms with Crippen LogP contribution in [0.4, 0.5) is 5.69 Å². The van der Waals surface area contributed by atoms with Crippen molar-refractivity contribution in [3.05, 3.63) is 35.1 Å². The number of aromatic nitrogens is 3. The first-order chi connectivity index (χ1) is 7.66. The summed E-state index contributed by atoms with van der Waals surface area (Å²) in [6.45, 7) is 0. The Morgan fingerprint density at radius 1 is 1.50 bits per heavy atom. The Kier molecular flexibility index (Phi) is 3.36. The summed E-state index contributed by atoms with van der Waals surface area (Å²) in [5.74, 6) is 0.800. The quantitative estimate of drug-likeness (QED) is 0.675. The molecular formula is C10H11ClN4S. The van der Waals surface area contributed by atoms with E-state index in [0.717, 1.165) is 16.5 Å². The van der Waals surface area contributed by atoms with Crippen LogP contribution in [0.3, 0.4) is 0 Å². The number of rotatable bonds is 3. The molecule has 2 rings (SSSR count). The molecule has 1 heterocycles. The summed E-state index contributed by atoms with van der Waals surface area (Å²) < 4.78 is 1.74. The first-order valence-corrected chi connectivity index (χ1v) is 6.04. The van der Waals surface area contributed by atoms with Gasteiger partial charge in [-0.1, -0.05) is 29.4 Å². The molecule has 4 nitrogen and oxygen atoms in total. The highest BCUT2D eigenvalue weighted by Gasteiger charge is 2.03. The molecule has 84 valence electrons. The van der Waals surface area contributed by atoms with Crippen molar-refractivity contribution in [1.82, 2.24) is 14.8 Å². The molecule has 0 bridgehead atoms. The molecule has 0 atom stereocenters. The van der Waals surface area contributed by atoms with Gasteiger partial charge in [0.15, 0.2) is 5.16 Å². The van der Waals surface area contributed by atoms with E-state index in [-0.39, 0.29) is 0 Å². The van der Waals surface area contributed by atoms with Crippen molar-refractivity contribution in [3.8, 4) is 0 Å². The molecule has 0 amide bonds. The second-order valence-corrected chi connectivity index (χ2v) is 4.66. The molecule has 6 heteroatoms. The smallest absolute Gasteiger partial charge is 0.186 e. The van der Waals surface area contributed by atoms with Gasteiger partial charge >= 0.3 is 0 Å². The maximum absolute atomic E-state index is 5.85. The Balaban J connectivity index is 2.05. The van der Waals surface area contributed by atoms with Crippen molar-refractivity contribution in [1.29, 1.82) is 0 Å². The molecule has 1 aromatic carbocycles. The monoisotopic (exact) mass is 254 g/mol. The van der Waals surface area contributed by atoms with E-state index in [4.69, 9.17) is 17.3 Å². The summed E-state index contributed by atoms with van der Waals surface area (Å²) in [5.41, 5.74) is 7.45. The van der Waals surface area contributed by atoms with Gasteiger partial charge in [-0.25, -0.2) is 9.67 Å². The second kappa shape index (κ2) is 4.76. The zero-order valence-corrected chi connectivity index (χ0v) is 10.3. The average Bonchev–Trinajstić information content (AvgIpc) is 2.66. The zero-order valence-electron chi connectivity index (χ0n) is 8.72. The molecule has 1 aromatic heterocycles. The van der Waals surface area contributed by atoms with Crippen molar-refractivity contribution in [2.45, 2.75) is 10.9 Å². The molecule has 2 N–H and O–H groups in total. The van der Waals surface area contributed by atoms with Crippen LogP contribution in [0.2, 0.25) is 5.02 Å². The lowest BCUT2D eigenvalue weighted by atomic mass is 10.2. The van der Waals surface area contributed by atoms with Crippen LogP contribution in [0, 0.1) is 0 Å². The number of anilines is 1. The maximum atomic E-state index is 5.85. The van der Waals surface area contributed by atoms with Crippen molar-refractivity contribution < 1.29 is 0 Å². The normalized spacial score (nSPS) is 10.6. The van der Waals surface area contributed by atoms with Crippen LogP contribution in [0.15, 0.2) is 29.7 Å². The minimum atomic E-state index is 0.590. The van der Waals surface area contributed by atoms with E-state index in [2.05, 4.69) is 10.1 Å². The maximum Gasteiger partial charge on any atom is 0.186 e. The Hall–Kier alpha value is -1.20. The summed E-state index contributed by atoms with van der Waals surface area (Å²) in [6, 6.07) is 5.65. The summed E-state index contributed by atoms with van der Waals surface area (Å²) in [4.78, 5) is 4.13. The summed E-state index contributed by atoms with van der Waals surface area (Å²) in [6.07, 6.45) is 1.54. The van der Waals surface area contributed by atoms with Crippen molar-refractivity contribution in [2.24, 2.45) is 7.05 Å². The number of hydrogen-bond acceptors (Lipinski definition) is 4. The Bertz CT molecular complexity index is 497. The van der Waals surface area contributed by atoms with Crippen molar-refractivity contribution >= 4 is 29.1 Å². The third kappa shape index (κ3) is 2.48. The van der Waals surface area contributed by atoms with Crippen LogP contribution in [0.1, 0.15) is 5.56 Å². The molecule has 0 unspecified atom stereocenters. The molecule has 0 radical (unpaired) electrons. The number of nitrogen functional groups attached to an aromatic ring is 1. The number of benzene rings is 1. The molecule has 0 spiro atoms. The van der Waals surface area contributed by atoms with Gasteiger partial charge in [-0.3, -0.25) is 0 Å². The van der Waals surface area contributed by atoms with E-state index in [1.807, 2.05) is 25.2 Å². The van der Waals surface area contributed by atoms with E-state index in [1.165, 1.54) is 0 Å². The summed E-state index contributed by atoms with van der Waals surface area (Å²) in [5, 5.41) is 5.47. The van der Waals surface area contributed by atoms with Gasteiger partial charge in [-0.15, -0.1) is 0 Å². The van der Waals surface area contributed by atoms with Gasteiger partial charge in [0.1, 0.15) is 6.33 Å². The topological polar surface area (TPSA) is 56.7 Å². The van der Waals surface area contributed by atoms with Crippen LogP contribution < -0.4 is 5.73 Å². The third-order valence-electron chi connectivity index (χ3n) is 2.10. The van der Waals surface area contributed by atoms with Crippen molar-refractivity contribution in [2.75, 3.05) is 5.73 Å². The summed E-state index contributed by atoms with van der Waals surface area (Å²) in [7, 11) is 1.87. The van der Waals surface area contributed by atoms with Gasteiger partial charge in [-0.05, 0) is 17.7 Å². The molecule has 2 aromatic rings. The number of thioether (sulfide) groups is 1. The Morgan fingerprint density at radius 2 is 2.31 bits per heavy atom. The zero-order chi connectivity index (χ0) is 11.5. The highest BCUT2D eigenvalue weighted by atomic mass is 35.5. The molecule has 0 aliphatic carbocycles. The first kappa shape index (κ1) is 11.3. The SMILES string of the molecule is Cn1ncnc1SCc1ccc(Cl)c(N)c1. The van der Waals surface area contributed by atoms with Crippen LogP contribution in [-0.2, 0) is 12.8 Å². The number of nitrogens with zero attached hydrogens (tertiary/aromatic N) is 3. The second-order valence-electron chi connectivity index (χ2n) is 3.31. The highest BCUT2D eigenvalue weighted by Crippen LogP contribution is 2.24. The summed E-state index contributed by atoms with van der Waals surface area (Å²) >= 11 is 7.46. The van der Waals surface area contributed by atoms with E-state index < -0.39 is 0 Å². The first-order valence-electron chi connectivity index (χ1n) is 4.67. The van der Waals surface area contributed by atoms with Gasteiger partial charge in [0.25, 0.3) is 0 Å². The van der Waals surface area contributed by atoms with E-state index >= 15 is 0 Å². The fourth-order valence-corrected chi connectivity index (χ4v) is 2.20. The van der Waals surface area contributed by atoms with Gasteiger partial charge in [-0.2, -0.15) is 5.10 Å². The molecular weight excluding hydrogens is 244 g/mol. The fourth-order valence-electron chi connectivity index (χ4n) is 1.25. The standard InChI is InChI=1S/C10H11ClN4S/c1-15-10(13-6-14-15)16-5-7-2-3-8(11)9(12)4-7/h2-4,6H,5,12H2,1H3. The Morgan fingerprint density at radius 3 is 2.94 bits per heavy atom. The lowest BCUT2D eigenvalue weighted by Crippen LogP contribution is -1.94. The highest BCUT2D eigenvalue weighted by molar-refractivity contribution is 7.98. The van der Waals surface area contributed by atoms with Crippen molar-refractivity contribution in [3.63, 3.8) is 0 Å². The predicted molar refractivity (Wildman–Crippen MR) is 66.4 cm³/mol. The largest absolute Gasteiger partial charge is 0.398 e. The average molecular weight is 255 g/mol. The lowest BCUT2D eigenvalue weighted by Gasteiger charge is -2.03. The lowest BCUT2D eigenvalue weighted by molar-refractivity contribution is 0.685. The van der Waals surface area contributed by atoms with Crippen LogP contribution in [0.5, 0.6) is 0 Å². The van der Waals surface area contributed by atoms with Crippen LogP contribution in [-0.4, -0.2) is 14.8 Å². The van der Waals surface area contributed by atoms with Gasteiger partial charge in [0.2, 0.25) is 0 Å². The molecule has 0 fully saturated rings. The number of halogens is 1. The molecule has 0 aliphatic rings. The van der Waals surface area contributed by atoms with E-state index in [9.17, 15) is 0 Å². The molecule has 0 aliphatic heterocycles. The fraction of sp³-hybridized carbons (Fsp3) is 0.200. The van der Waals surface area contributed by atoms with E-state index in [1.54, 1.807) is 22.8 Å². The van der Waals surface area contributed by atoms with E-state index in [0.29, 0.717) is 10.7 Å². The molecule has 0 saturated heterocycles.